The number of aryl methyl sites for hydroxylation is 1. The first-order chi connectivity index (χ1) is 6.61. The number of carbonyl (C=O) groups is 1. The summed E-state index contributed by atoms with van der Waals surface area (Å²) in [4.78, 5) is 10.7. The zero-order valence-electron chi connectivity index (χ0n) is 7.77. The van der Waals surface area contributed by atoms with Gasteiger partial charge in [0, 0.05) is 13.2 Å². The fourth-order valence-corrected chi connectivity index (χ4v) is 0.993. The molecule has 1 aromatic heterocycles. The van der Waals surface area contributed by atoms with Gasteiger partial charge in [-0.2, -0.15) is 5.10 Å². The Balaban J connectivity index is 2.45. The zero-order chi connectivity index (χ0) is 10.6. The van der Waals surface area contributed by atoms with Crippen LogP contribution in [0.3, 0.4) is 0 Å². The minimum Gasteiger partial charge on any atom is -0.453 e. The van der Waals surface area contributed by atoms with E-state index >= 15 is 0 Å². The largest absolute Gasteiger partial charge is 0.453 e. The molecule has 0 unspecified atom stereocenters. The summed E-state index contributed by atoms with van der Waals surface area (Å²) >= 11 is 4.83. The number of amides is 1. The van der Waals surface area contributed by atoms with E-state index in [4.69, 9.17) is 12.2 Å². The minimum absolute atomic E-state index is 0.171. The molecule has 2 N–H and O–H groups in total. The molecule has 1 rings (SSSR count). The molecule has 1 aromatic rings. The van der Waals surface area contributed by atoms with Crippen molar-refractivity contribution in [1.82, 2.24) is 15.1 Å². The highest BCUT2D eigenvalue weighted by molar-refractivity contribution is 7.80. The molecule has 76 valence electrons. The van der Waals surface area contributed by atoms with E-state index in [1.54, 1.807) is 24.1 Å². The average Bonchev–Trinajstić information content (AvgIpc) is 2.50. The van der Waals surface area contributed by atoms with E-state index in [0.717, 1.165) is 0 Å². The Kier molecular flexibility index (Phi) is 3.41. The molecular formula is C7H10N4O2S. The van der Waals surface area contributed by atoms with Crippen LogP contribution in [0.1, 0.15) is 0 Å². The van der Waals surface area contributed by atoms with E-state index < -0.39 is 6.09 Å². The first-order valence-corrected chi connectivity index (χ1v) is 4.17. The predicted octanol–water partition coefficient (Wildman–Crippen LogP) is 0.473. The van der Waals surface area contributed by atoms with Crippen molar-refractivity contribution in [3.8, 4) is 0 Å². The van der Waals surface area contributed by atoms with Crippen LogP contribution in [0.4, 0.5) is 10.5 Å². The van der Waals surface area contributed by atoms with Gasteiger partial charge >= 0.3 is 6.09 Å². The summed E-state index contributed by atoms with van der Waals surface area (Å²) in [5, 5.41) is 9.16. The Hall–Kier alpha value is -1.63. The molecule has 0 aliphatic heterocycles. The molecule has 6 nitrogen and oxygen atoms in total. The van der Waals surface area contributed by atoms with Crippen LogP contribution in [0.25, 0.3) is 0 Å². The molecule has 1 heterocycles. The third kappa shape index (κ3) is 3.02. The fraction of sp³-hybridized carbons (Fsp3) is 0.286. The van der Waals surface area contributed by atoms with Gasteiger partial charge in [-0.3, -0.25) is 10.00 Å². The lowest BCUT2D eigenvalue weighted by molar-refractivity contribution is 0.177. The van der Waals surface area contributed by atoms with Crippen LogP contribution >= 0.6 is 12.2 Å². The number of hydrogen-bond donors (Lipinski definition) is 2. The molecule has 14 heavy (non-hydrogen) atoms. The number of ether oxygens (including phenoxy) is 1. The van der Waals surface area contributed by atoms with Gasteiger partial charge in [-0.15, -0.1) is 0 Å². The Morgan fingerprint density at radius 2 is 2.43 bits per heavy atom. The van der Waals surface area contributed by atoms with Crippen molar-refractivity contribution in [2.75, 3.05) is 12.4 Å². The summed E-state index contributed by atoms with van der Waals surface area (Å²) in [6.07, 6.45) is 2.71. The number of aromatic nitrogens is 2. The first-order valence-electron chi connectivity index (χ1n) is 3.76. The summed E-state index contributed by atoms with van der Waals surface area (Å²) in [6.45, 7) is 0. The first kappa shape index (κ1) is 10.5. The molecular weight excluding hydrogens is 204 g/mol. The lowest BCUT2D eigenvalue weighted by atomic mass is 10.6. The third-order valence-electron chi connectivity index (χ3n) is 1.36. The smallest absolute Gasteiger partial charge is 0.413 e. The van der Waals surface area contributed by atoms with Gasteiger partial charge in [0.2, 0.25) is 0 Å². The van der Waals surface area contributed by atoms with Crippen molar-refractivity contribution < 1.29 is 9.53 Å². The second-order valence-corrected chi connectivity index (χ2v) is 2.88. The standard InChI is InChI=1S/C7H10N4O2S/c1-11-4-5(3-8-11)9-6(14)10-7(12)13-2/h3-4H,1-2H3,(H2,9,10,12,14). The topological polar surface area (TPSA) is 68.2 Å². The van der Waals surface area contributed by atoms with Crippen LogP contribution < -0.4 is 10.6 Å². The minimum atomic E-state index is -0.605. The lowest BCUT2D eigenvalue weighted by Crippen LogP contribution is -2.33. The number of rotatable bonds is 1. The van der Waals surface area contributed by atoms with Gasteiger partial charge in [0.15, 0.2) is 5.11 Å². The number of carbonyl (C=O) groups excluding carboxylic acids is 1. The van der Waals surface area contributed by atoms with Crippen molar-refractivity contribution >= 4 is 29.1 Å². The maximum Gasteiger partial charge on any atom is 0.413 e. The summed E-state index contributed by atoms with van der Waals surface area (Å²) in [5.41, 5.74) is 0.703. The third-order valence-corrected chi connectivity index (χ3v) is 1.57. The molecule has 0 aromatic carbocycles. The van der Waals surface area contributed by atoms with Gasteiger partial charge in [-0.25, -0.2) is 4.79 Å². The van der Waals surface area contributed by atoms with Crippen molar-refractivity contribution in [3.05, 3.63) is 12.4 Å². The number of hydrogen-bond acceptors (Lipinski definition) is 4. The van der Waals surface area contributed by atoms with Gasteiger partial charge < -0.3 is 10.1 Å². The molecule has 0 spiro atoms. The second-order valence-electron chi connectivity index (χ2n) is 2.47. The summed E-state index contributed by atoms with van der Waals surface area (Å²) < 4.78 is 5.98. The Labute approximate surface area is 86.2 Å². The van der Waals surface area contributed by atoms with E-state index in [9.17, 15) is 4.79 Å². The fourth-order valence-electron chi connectivity index (χ4n) is 0.792. The van der Waals surface area contributed by atoms with E-state index in [-0.39, 0.29) is 5.11 Å². The molecule has 0 aliphatic rings. The van der Waals surface area contributed by atoms with Gasteiger partial charge in [0.25, 0.3) is 0 Å². The maximum atomic E-state index is 10.7. The molecule has 0 radical (unpaired) electrons. The highest BCUT2D eigenvalue weighted by Gasteiger charge is 2.03. The quantitative estimate of drug-likeness (QED) is 0.665. The Morgan fingerprint density at radius 3 is 2.93 bits per heavy atom. The number of nitrogens with zero attached hydrogens (tertiary/aromatic N) is 2. The van der Waals surface area contributed by atoms with Gasteiger partial charge in [-0.05, 0) is 12.2 Å². The number of thiocarbonyl (C=S) groups is 1. The number of nitrogens with one attached hydrogen (secondary N) is 2. The molecule has 7 heteroatoms. The van der Waals surface area contributed by atoms with Crippen LogP contribution in [-0.2, 0) is 11.8 Å². The number of alkyl carbamates (subject to hydrolysis) is 1. The molecule has 0 saturated carbocycles. The predicted molar refractivity (Wildman–Crippen MR) is 55.0 cm³/mol. The zero-order valence-corrected chi connectivity index (χ0v) is 8.59. The van der Waals surface area contributed by atoms with Crippen LogP contribution in [0.15, 0.2) is 12.4 Å². The Morgan fingerprint density at radius 1 is 1.71 bits per heavy atom. The van der Waals surface area contributed by atoms with Crippen molar-refractivity contribution in [3.63, 3.8) is 0 Å². The number of anilines is 1. The van der Waals surface area contributed by atoms with E-state index in [0.29, 0.717) is 5.69 Å². The normalized spacial score (nSPS) is 9.29. The average molecular weight is 214 g/mol. The molecule has 0 saturated heterocycles. The van der Waals surface area contributed by atoms with Crippen molar-refractivity contribution in [2.45, 2.75) is 0 Å². The monoisotopic (exact) mass is 214 g/mol. The summed E-state index contributed by atoms with van der Waals surface area (Å²) in [5.74, 6) is 0. The van der Waals surface area contributed by atoms with Crippen LogP contribution in [0.2, 0.25) is 0 Å². The molecule has 0 fully saturated rings. The Bertz CT molecular complexity index is 349. The van der Waals surface area contributed by atoms with Gasteiger partial charge in [0.05, 0.1) is 19.0 Å². The SMILES string of the molecule is COC(=O)NC(=S)Nc1cnn(C)c1. The molecule has 0 atom stereocenters. The van der Waals surface area contributed by atoms with Crippen LogP contribution in [0, 0.1) is 0 Å². The highest BCUT2D eigenvalue weighted by atomic mass is 32.1. The highest BCUT2D eigenvalue weighted by Crippen LogP contribution is 2.02. The van der Waals surface area contributed by atoms with E-state index in [1.807, 2.05) is 0 Å². The van der Waals surface area contributed by atoms with E-state index in [1.165, 1.54) is 7.11 Å². The van der Waals surface area contributed by atoms with Crippen molar-refractivity contribution in [2.24, 2.45) is 7.05 Å². The molecule has 0 bridgehead atoms. The second kappa shape index (κ2) is 4.56. The summed E-state index contributed by atoms with van der Waals surface area (Å²) in [7, 11) is 3.05. The van der Waals surface area contributed by atoms with Gasteiger partial charge in [-0.1, -0.05) is 0 Å². The van der Waals surface area contributed by atoms with Crippen LogP contribution in [0.5, 0.6) is 0 Å². The van der Waals surface area contributed by atoms with E-state index in [2.05, 4.69) is 20.5 Å². The number of methoxy groups -OCH3 is 1. The molecule has 0 aliphatic carbocycles. The van der Waals surface area contributed by atoms with Crippen molar-refractivity contribution in [1.29, 1.82) is 0 Å². The lowest BCUT2D eigenvalue weighted by Gasteiger charge is -2.05. The van der Waals surface area contributed by atoms with Crippen LogP contribution in [-0.4, -0.2) is 28.1 Å². The summed E-state index contributed by atoms with van der Waals surface area (Å²) in [6, 6.07) is 0. The molecule has 1 amide bonds. The maximum absolute atomic E-state index is 10.7. The van der Waals surface area contributed by atoms with Gasteiger partial charge in [0.1, 0.15) is 0 Å².